The molecule has 6 rings (SSSR count). The van der Waals surface area contributed by atoms with Gasteiger partial charge >= 0.3 is 25.8 Å². The third-order valence-electron chi connectivity index (χ3n) is 11.1. The summed E-state index contributed by atoms with van der Waals surface area (Å²) in [5.74, 6) is 0. The molecule has 0 aliphatic rings. The van der Waals surface area contributed by atoms with Crippen LogP contribution in [0.25, 0.3) is 43.8 Å². The molecule has 0 fully saturated rings. The monoisotopic (exact) mass is 872 g/mol. The molecule has 0 amide bonds. The van der Waals surface area contributed by atoms with Crippen LogP contribution < -0.4 is 10.4 Å². The van der Waals surface area contributed by atoms with Gasteiger partial charge in [-0.25, -0.2) is 0 Å². The molecule has 272 valence electrons. The van der Waals surface area contributed by atoms with E-state index in [0.717, 1.165) is 0 Å². The first-order valence-electron chi connectivity index (χ1n) is 19.1. The van der Waals surface area contributed by atoms with Crippen molar-refractivity contribution in [3.05, 3.63) is 135 Å². The van der Waals surface area contributed by atoms with E-state index >= 15 is 0 Å². The molecule has 6 aromatic carbocycles. The molecule has 0 aromatic heterocycles. The average molecular weight is 872 g/mol. The first-order chi connectivity index (χ1) is 23.4. The van der Waals surface area contributed by atoms with Gasteiger partial charge in [0.25, 0.3) is 0 Å². The van der Waals surface area contributed by atoms with Gasteiger partial charge in [0.05, 0.1) is 8.07 Å². The summed E-state index contributed by atoms with van der Waals surface area (Å²) in [6, 6.07) is 45.6. The van der Waals surface area contributed by atoms with Crippen LogP contribution in [0.1, 0.15) is 105 Å². The zero-order valence-corrected chi connectivity index (χ0v) is 38.6. The van der Waals surface area contributed by atoms with Gasteiger partial charge in [-0.05, 0) is 33.1 Å². The quantitative estimate of drug-likeness (QED) is 0.0653. The number of rotatable bonds is 12. The van der Waals surface area contributed by atoms with Crippen LogP contribution in [-0.2, 0) is 36.7 Å². The van der Waals surface area contributed by atoms with Crippen molar-refractivity contribution in [3.63, 3.8) is 0 Å². The summed E-state index contributed by atoms with van der Waals surface area (Å²) in [7, 11) is -2.12. The van der Waals surface area contributed by atoms with Crippen molar-refractivity contribution in [2.45, 2.75) is 117 Å². The van der Waals surface area contributed by atoms with Crippen LogP contribution in [0, 0.1) is 14.9 Å². The minimum absolute atomic E-state index is 0. The first kappa shape index (κ1) is 43.6. The summed E-state index contributed by atoms with van der Waals surface area (Å²) in [5.41, 5.74) is 8.43. The summed E-state index contributed by atoms with van der Waals surface area (Å²) in [5, 5.41) is 8.91. The maximum atomic E-state index is 2.64. The summed E-state index contributed by atoms with van der Waals surface area (Å²) < 4.78 is 0. The van der Waals surface area contributed by atoms with Crippen LogP contribution in [0.2, 0.25) is 12.1 Å². The standard InChI is InChI=1S/C48H58Si.2CH3.Hf/c1-9-11-13-27-49(28-14-12-10-2,41-31-37-21-17-25-43(45(37)33-41)35-19-15-23-39(29-35)47(3,4)5)42-32-38-22-18-26-44(46(38)34-42)36-20-16-24-40(30-36)48(6,7)8;;;/h15-26,29-34H,9-14,27-28H2,1-8H3;2*1H3;/q-2;2*-1;+4. The second kappa shape index (κ2) is 18.0. The van der Waals surface area contributed by atoms with E-state index in [0.29, 0.717) is 0 Å². The molecule has 0 saturated heterocycles. The zero-order valence-electron chi connectivity index (χ0n) is 34.0. The predicted octanol–water partition coefficient (Wildman–Crippen LogP) is 14.2. The third-order valence-corrected chi connectivity index (χ3v) is 16.3. The average Bonchev–Trinajstić information content (AvgIpc) is 3.73. The molecule has 0 aliphatic heterocycles. The number of fused-ring (bicyclic) bond motifs is 2. The fraction of sp³-hybridized carbons (Fsp3) is 0.360. The number of benzene rings is 4. The molecule has 0 bridgehead atoms. The van der Waals surface area contributed by atoms with E-state index < -0.39 is 8.07 Å². The summed E-state index contributed by atoms with van der Waals surface area (Å²) in [6.45, 7) is 18.6. The molecule has 0 unspecified atom stereocenters. The molecule has 6 aromatic rings. The Bertz CT molecular complexity index is 1870. The molecule has 2 heteroatoms. The van der Waals surface area contributed by atoms with Gasteiger partial charge in [0.2, 0.25) is 0 Å². The Morgan fingerprint density at radius 3 is 1.25 bits per heavy atom. The van der Waals surface area contributed by atoms with Gasteiger partial charge in [0.15, 0.2) is 0 Å². The maximum Gasteiger partial charge on any atom is 4.00 e. The van der Waals surface area contributed by atoms with Gasteiger partial charge in [-0.3, -0.25) is 0 Å². The van der Waals surface area contributed by atoms with E-state index in [-0.39, 0.29) is 51.5 Å². The van der Waals surface area contributed by atoms with Crippen molar-refractivity contribution in [3.8, 4) is 22.3 Å². The van der Waals surface area contributed by atoms with E-state index in [1.54, 1.807) is 10.4 Å². The van der Waals surface area contributed by atoms with Gasteiger partial charge < -0.3 is 14.9 Å². The largest absolute Gasteiger partial charge is 4.00 e. The SMILES string of the molecule is CCCCC[Si](CCCCC)(c1cc2c(-c3cccc(C(C)(C)C)c3)cccc2[cH-]1)c1cc2c(-c3cccc(C(C)(C)C)c3)cccc2[cH-]1.[CH3-].[CH3-].[Hf+4]. The van der Waals surface area contributed by atoms with Crippen LogP contribution in [0.4, 0.5) is 0 Å². The second-order valence-corrected chi connectivity index (χ2v) is 21.1. The first-order valence-corrected chi connectivity index (χ1v) is 21.5. The Balaban J connectivity index is 0.00000243. The van der Waals surface area contributed by atoms with Crippen molar-refractivity contribution in [2.24, 2.45) is 0 Å². The van der Waals surface area contributed by atoms with E-state index in [9.17, 15) is 0 Å². The van der Waals surface area contributed by atoms with Gasteiger partial charge in [0, 0.05) is 0 Å². The Morgan fingerprint density at radius 1 is 0.500 bits per heavy atom. The van der Waals surface area contributed by atoms with Crippen LogP contribution in [0.3, 0.4) is 0 Å². The van der Waals surface area contributed by atoms with Crippen molar-refractivity contribution in [2.75, 3.05) is 0 Å². The normalized spacial score (nSPS) is 12.0. The van der Waals surface area contributed by atoms with E-state index in [1.165, 1.54) is 106 Å². The maximum absolute atomic E-state index is 2.64. The molecular formula is C50H64HfSi. The number of hydrogen-bond donors (Lipinski definition) is 0. The summed E-state index contributed by atoms with van der Waals surface area (Å²) in [6.07, 6.45) is 7.73. The van der Waals surface area contributed by atoms with Crippen molar-refractivity contribution >= 4 is 40.0 Å². The van der Waals surface area contributed by atoms with Crippen LogP contribution in [0.5, 0.6) is 0 Å². The molecule has 0 aliphatic carbocycles. The van der Waals surface area contributed by atoms with E-state index in [1.807, 2.05) is 0 Å². The minimum atomic E-state index is -2.12. The molecule has 0 spiro atoms. The smallest absolute Gasteiger partial charge is 0.358 e. The zero-order chi connectivity index (χ0) is 34.8. The molecule has 0 atom stereocenters. The molecule has 0 heterocycles. The van der Waals surface area contributed by atoms with Crippen molar-refractivity contribution < 1.29 is 25.8 Å². The third kappa shape index (κ3) is 9.10. The van der Waals surface area contributed by atoms with Crippen molar-refractivity contribution in [1.29, 1.82) is 0 Å². The molecule has 0 N–H and O–H groups in total. The Labute approximate surface area is 338 Å². The van der Waals surface area contributed by atoms with Crippen molar-refractivity contribution in [1.82, 2.24) is 0 Å². The summed E-state index contributed by atoms with van der Waals surface area (Å²) >= 11 is 0. The van der Waals surface area contributed by atoms with Gasteiger partial charge in [-0.2, -0.15) is 12.1 Å². The fourth-order valence-electron chi connectivity index (χ4n) is 8.05. The van der Waals surface area contributed by atoms with Crippen LogP contribution >= 0.6 is 0 Å². The second-order valence-electron chi connectivity index (χ2n) is 16.8. The molecule has 0 nitrogen and oxygen atoms in total. The minimum Gasteiger partial charge on any atom is -0.358 e. The Morgan fingerprint density at radius 2 is 0.885 bits per heavy atom. The van der Waals surface area contributed by atoms with Crippen LogP contribution in [0.15, 0.2) is 109 Å². The van der Waals surface area contributed by atoms with E-state index in [4.69, 9.17) is 0 Å². The topological polar surface area (TPSA) is 0 Å². The molecule has 0 radical (unpaired) electrons. The number of hydrogen-bond acceptors (Lipinski definition) is 0. The van der Waals surface area contributed by atoms with Gasteiger partial charge in [-0.15, -0.1) is 68.3 Å². The van der Waals surface area contributed by atoms with Crippen LogP contribution in [-0.4, -0.2) is 8.07 Å². The molecular weight excluding hydrogens is 807 g/mol. The molecule has 0 saturated carbocycles. The fourth-order valence-corrected chi connectivity index (χ4v) is 13.2. The number of unbranched alkanes of at least 4 members (excludes halogenated alkanes) is 4. The van der Waals surface area contributed by atoms with Gasteiger partial charge in [0.1, 0.15) is 0 Å². The summed E-state index contributed by atoms with van der Waals surface area (Å²) in [4.78, 5) is 0. The Kier molecular flexibility index (Phi) is 15.1. The van der Waals surface area contributed by atoms with Gasteiger partial charge in [-0.1, -0.05) is 178 Å². The van der Waals surface area contributed by atoms with E-state index in [2.05, 4.69) is 165 Å². The predicted molar refractivity (Wildman–Crippen MR) is 234 cm³/mol. The Hall–Kier alpha value is -2.81. The molecule has 52 heavy (non-hydrogen) atoms.